The summed E-state index contributed by atoms with van der Waals surface area (Å²) in [4.78, 5) is 21.4. The van der Waals surface area contributed by atoms with Crippen molar-refractivity contribution in [1.82, 2.24) is 9.88 Å². The fraction of sp³-hybridized carbons (Fsp3) is 0.714. The van der Waals surface area contributed by atoms with E-state index in [1.165, 1.54) is 30.6 Å². The van der Waals surface area contributed by atoms with Crippen LogP contribution in [0.15, 0.2) is 0 Å². The lowest BCUT2D eigenvalue weighted by atomic mass is 9.75. The van der Waals surface area contributed by atoms with E-state index >= 15 is 0 Å². The van der Waals surface area contributed by atoms with Crippen LogP contribution in [0, 0.1) is 6.92 Å². The van der Waals surface area contributed by atoms with Gasteiger partial charge in [-0.3, -0.25) is 4.79 Å². The van der Waals surface area contributed by atoms with Gasteiger partial charge in [-0.2, -0.15) is 0 Å². The molecule has 0 aliphatic heterocycles. The molecule has 0 atom stereocenters. The van der Waals surface area contributed by atoms with Gasteiger partial charge in [0.25, 0.3) is 0 Å². The van der Waals surface area contributed by atoms with E-state index < -0.39 is 0 Å². The molecule has 0 bridgehead atoms. The van der Waals surface area contributed by atoms with Crippen LogP contribution in [0.5, 0.6) is 0 Å². The van der Waals surface area contributed by atoms with Gasteiger partial charge in [-0.25, -0.2) is 4.98 Å². The number of carbonyl (C=O) groups is 1. The zero-order chi connectivity index (χ0) is 14.2. The number of likely N-dealkylation sites (N-methyl/N-ethyl adjacent to an activating group) is 2. The van der Waals surface area contributed by atoms with Crippen molar-refractivity contribution in [3.05, 3.63) is 10.6 Å². The SMILES string of the molecule is CC(=O)c1sc(N(C)CC2(N(C)C)CCC2)nc1C. The Morgan fingerprint density at radius 3 is 2.37 bits per heavy atom. The Balaban J connectivity index is 2.14. The third-order valence-electron chi connectivity index (χ3n) is 4.20. The highest BCUT2D eigenvalue weighted by atomic mass is 32.1. The fourth-order valence-corrected chi connectivity index (χ4v) is 3.64. The Morgan fingerprint density at radius 2 is 2.00 bits per heavy atom. The van der Waals surface area contributed by atoms with E-state index in [-0.39, 0.29) is 11.3 Å². The van der Waals surface area contributed by atoms with Crippen molar-refractivity contribution >= 4 is 22.3 Å². The number of rotatable bonds is 5. The molecule has 1 saturated carbocycles. The number of thiazole rings is 1. The maximum Gasteiger partial charge on any atom is 0.186 e. The van der Waals surface area contributed by atoms with Crippen molar-refractivity contribution in [3.8, 4) is 0 Å². The van der Waals surface area contributed by atoms with Crippen LogP contribution in [-0.4, -0.2) is 48.9 Å². The summed E-state index contributed by atoms with van der Waals surface area (Å²) in [6.07, 6.45) is 3.80. The summed E-state index contributed by atoms with van der Waals surface area (Å²) in [5.41, 5.74) is 1.14. The summed E-state index contributed by atoms with van der Waals surface area (Å²) < 4.78 is 0. The normalized spacial score (nSPS) is 17.4. The predicted octanol–water partition coefficient (Wildman–Crippen LogP) is 2.57. The van der Waals surface area contributed by atoms with Gasteiger partial charge in [0.15, 0.2) is 10.9 Å². The number of hydrogen-bond donors (Lipinski definition) is 0. The molecule has 0 N–H and O–H groups in total. The number of Topliss-reactive ketones (excluding diaryl/α,β-unsaturated/α-hetero) is 1. The van der Waals surface area contributed by atoms with Crippen molar-refractivity contribution < 1.29 is 4.79 Å². The van der Waals surface area contributed by atoms with E-state index in [0.29, 0.717) is 0 Å². The van der Waals surface area contributed by atoms with Gasteiger partial charge >= 0.3 is 0 Å². The lowest BCUT2D eigenvalue weighted by Crippen LogP contribution is -2.56. The van der Waals surface area contributed by atoms with E-state index in [1.807, 2.05) is 6.92 Å². The first-order valence-electron chi connectivity index (χ1n) is 6.73. The van der Waals surface area contributed by atoms with Crippen LogP contribution in [0.4, 0.5) is 5.13 Å². The molecule has 1 heterocycles. The molecule has 1 aliphatic carbocycles. The summed E-state index contributed by atoms with van der Waals surface area (Å²) in [6.45, 7) is 4.50. The molecule has 0 saturated heterocycles. The lowest BCUT2D eigenvalue weighted by Gasteiger charge is -2.49. The minimum absolute atomic E-state index is 0.112. The average molecular weight is 281 g/mol. The second-order valence-electron chi connectivity index (χ2n) is 5.80. The van der Waals surface area contributed by atoms with Crippen LogP contribution in [0.3, 0.4) is 0 Å². The first-order chi connectivity index (χ1) is 8.85. The van der Waals surface area contributed by atoms with Gasteiger partial charge in [-0.05, 0) is 40.3 Å². The molecule has 1 aromatic heterocycles. The standard InChI is InChI=1S/C14H23N3OS/c1-10-12(11(2)18)19-13(15-10)17(5)9-14(16(3)4)7-6-8-14/h6-9H2,1-5H3. The quantitative estimate of drug-likeness (QED) is 0.777. The highest BCUT2D eigenvalue weighted by Crippen LogP contribution is 2.38. The van der Waals surface area contributed by atoms with E-state index in [2.05, 4.69) is 35.9 Å². The van der Waals surface area contributed by atoms with E-state index in [4.69, 9.17) is 0 Å². The molecule has 0 amide bonds. The molecule has 19 heavy (non-hydrogen) atoms. The fourth-order valence-electron chi connectivity index (χ4n) is 2.71. The summed E-state index contributed by atoms with van der Waals surface area (Å²) in [5, 5.41) is 0.954. The van der Waals surface area contributed by atoms with Crippen molar-refractivity contribution in [2.45, 2.75) is 38.6 Å². The molecule has 0 radical (unpaired) electrons. The molecule has 106 valence electrons. The number of aryl methyl sites for hydroxylation is 1. The molecule has 4 nitrogen and oxygen atoms in total. The van der Waals surface area contributed by atoms with E-state index in [0.717, 1.165) is 22.2 Å². The van der Waals surface area contributed by atoms with Gasteiger partial charge in [0, 0.05) is 26.1 Å². The maximum absolute atomic E-state index is 11.5. The largest absolute Gasteiger partial charge is 0.349 e. The van der Waals surface area contributed by atoms with Crippen molar-refractivity contribution in [3.63, 3.8) is 0 Å². The number of ketones is 1. The van der Waals surface area contributed by atoms with Crippen LogP contribution in [0.1, 0.15) is 41.6 Å². The molecule has 5 heteroatoms. The summed E-state index contributed by atoms with van der Waals surface area (Å²) in [6, 6.07) is 0. The van der Waals surface area contributed by atoms with Crippen LogP contribution < -0.4 is 4.90 Å². The van der Waals surface area contributed by atoms with Gasteiger partial charge < -0.3 is 9.80 Å². The average Bonchev–Trinajstić information content (AvgIpc) is 2.65. The van der Waals surface area contributed by atoms with Gasteiger partial charge in [0.2, 0.25) is 0 Å². The molecule has 0 unspecified atom stereocenters. The molecule has 0 spiro atoms. The first-order valence-corrected chi connectivity index (χ1v) is 7.54. The van der Waals surface area contributed by atoms with Gasteiger partial charge in [0.1, 0.15) is 0 Å². The minimum atomic E-state index is 0.112. The molecular formula is C14H23N3OS. The molecule has 1 fully saturated rings. The third kappa shape index (κ3) is 2.67. The minimum Gasteiger partial charge on any atom is -0.349 e. The van der Waals surface area contributed by atoms with Crippen LogP contribution in [-0.2, 0) is 0 Å². The zero-order valence-corrected chi connectivity index (χ0v) is 13.3. The second kappa shape index (κ2) is 5.21. The van der Waals surface area contributed by atoms with E-state index in [1.54, 1.807) is 6.92 Å². The van der Waals surface area contributed by atoms with Gasteiger partial charge in [-0.15, -0.1) is 0 Å². The smallest absolute Gasteiger partial charge is 0.186 e. The van der Waals surface area contributed by atoms with Crippen LogP contribution in [0.2, 0.25) is 0 Å². The molecule has 1 aromatic rings. The zero-order valence-electron chi connectivity index (χ0n) is 12.5. The Bertz CT molecular complexity index is 477. The van der Waals surface area contributed by atoms with Crippen molar-refractivity contribution in [2.24, 2.45) is 0 Å². The Hall–Kier alpha value is -0.940. The molecule has 2 rings (SSSR count). The second-order valence-corrected chi connectivity index (χ2v) is 6.77. The lowest BCUT2D eigenvalue weighted by molar-refractivity contribution is 0.0683. The Kier molecular flexibility index (Phi) is 3.97. The molecule has 1 aliphatic rings. The van der Waals surface area contributed by atoms with Gasteiger partial charge in [-0.1, -0.05) is 11.3 Å². The highest BCUT2D eigenvalue weighted by Gasteiger charge is 2.40. The number of carbonyl (C=O) groups excluding carboxylic acids is 1. The number of aromatic nitrogens is 1. The number of nitrogens with zero attached hydrogens (tertiary/aromatic N) is 3. The van der Waals surface area contributed by atoms with Crippen molar-refractivity contribution in [2.75, 3.05) is 32.6 Å². The summed E-state index contributed by atoms with van der Waals surface area (Å²) >= 11 is 1.51. The summed E-state index contributed by atoms with van der Waals surface area (Å²) in [5.74, 6) is 0.112. The third-order valence-corrected chi connectivity index (χ3v) is 5.57. The van der Waals surface area contributed by atoms with Crippen LogP contribution >= 0.6 is 11.3 Å². The van der Waals surface area contributed by atoms with Crippen LogP contribution in [0.25, 0.3) is 0 Å². The van der Waals surface area contributed by atoms with Gasteiger partial charge in [0.05, 0.1) is 10.6 Å². The molecular weight excluding hydrogens is 258 g/mol. The maximum atomic E-state index is 11.5. The van der Waals surface area contributed by atoms with Crippen molar-refractivity contribution in [1.29, 1.82) is 0 Å². The Labute approximate surface area is 119 Å². The highest BCUT2D eigenvalue weighted by molar-refractivity contribution is 7.17. The number of hydrogen-bond acceptors (Lipinski definition) is 5. The Morgan fingerprint density at radius 1 is 1.37 bits per heavy atom. The molecule has 0 aromatic carbocycles. The summed E-state index contributed by atoms with van der Waals surface area (Å²) in [7, 11) is 6.38. The number of anilines is 1. The first kappa shape index (κ1) is 14.5. The monoisotopic (exact) mass is 281 g/mol. The predicted molar refractivity (Wildman–Crippen MR) is 80.4 cm³/mol. The van der Waals surface area contributed by atoms with E-state index in [9.17, 15) is 4.79 Å². The topological polar surface area (TPSA) is 36.4 Å².